The van der Waals surface area contributed by atoms with Crippen LogP contribution in [0.5, 0.6) is 0 Å². The zero-order valence-electron chi connectivity index (χ0n) is 16.5. The third-order valence-corrected chi connectivity index (χ3v) is 6.52. The first-order valence-corrected chi connectivity index (χ1v) is 11.4. The number of amides is 3. The fourth-order valence-corrected chi connectivity index (χ4v) is 4.85. The number of carbonyl (C=O) groups is 2. The van der Waals surface area contributed by atoms with Crippen LogP contribution in [0.4, 0.5) is 9.18 Å². The molecular weight excluding hydrogens is 377 g/mol. The van der Waals surface area contributed by atoms with Gasteiger partial charge in [0.2, 0.25) is 5.91 Å². The fraction of sp³-hybridized carbons (Fsp3) is 0.619. The molecule has 154 valence electrons. The van der Waals surface area contributed by atoms with Crippen LogP contribution in [0.15, 0.2) is 24.3 Å². The monoisotopic (exact) mass is 407 g/mol. The molecule has 28 heavy (non-hydrogen) atoms. The van der Waals surface area contributed by atoms with E-state index in [0.29, 0.717) is 19.5 Å². The third kappa shape index (κ3) is 5.19. The van der Waals surface area contributed by atoms with Gasteiger partial charge in [0.1, 0.15) is 5.82 Å². The van der Waals surface area contributed by atoms with Gasteiger partial charge in [-0.25, -0.2) is 9.18 Å². The number of carbonyl (C=O) groups excluding carboxylic acids is 2. The number of hydrogen-bond acceptors (Lipinski definition) is 3. The third-order valence-electron chi connectivity index (χ3n) is 5.58. The van der Waals surface area contributed by atoms with Gasteiger partial charge in [-0.2, -0.15) is 11.8 Å². The molecule has 0 bridgehead atoms. The van der Waals surface area contributed by atoms with E-state index in [9.17, 15) is 14.0 Å². The van der Waals surface area contributed by atoms with Crippen molar-refractivity contribution in [3.05, 3.63) is 35.6 Å². The van der Waals surface area contributed by atoms with Crippen molar-refractivity contribution in [2.24, 2.45) is 5.92 Å². The molecule has 2 fully saturated rings. The molecule has 2 atom stereocenters. The van der Waals surface area contributed by atoms with Crippen LogP contribution < -0.4 is 5.32 Å². The Bertz CT molecular complexity index is 664. The average Bonchev–Trinajstić information content (AvgIpc) is 2.74. The van der Waals surface area contributed by atoms with Crippen LogP contribution in [0.3, 0.4) is 0 Å². The quantitative estimate of drug-likeness (QED) is 0.758. The van der Waals surface area contributed by atoms with Gasteiger partial charge in [-0.05, 0) is 37.0 Å². The van der Waals surface area contributed by atoms with Crippen LogP contribution in [0.2, 0.25) is 0 Å². The van der Waals surface area contributed by atoms with Crippen LogP contribution in [0, 0.1) is 11.7 Å². The number of nitrogens with one attached hydrogen (secondary N) is 1. The Morgan fingerprint density at radius 1 is 1.18 bits per heavy atom. The lowest BCUT2D eigenvalue weighted by Gasteiger charge is -2.41. The second kappa shape index (κ2) is 10.1. The summed E-state index contributed by atoms with van der Waals surface area (Å²) in [6.07, 6.45) is 3.40. The molecule has 1 N–H and O–H groups in total. The van der Waals surface area contributed by atoms with Gasteiger partial charge in [0.15, 0.2) is 0 Å². The molecule has 1 aromatic rings. The molecule has 5 nitrogen and oxygen atoms in total. The molecule has 2 saturated heterocycles. The van der Waals surface area contributed by atoms with Crippen molar-refractivity contribution in [1.29, 1.82) is 0 Å². The van der Waals surface area contributed by atoms with Crippen LogP contribution in [0.1, 0.15) is 44.2 Å². The standard InChI is InChI=1S/C21H30FN3O2S/c1-2-3-10-23-21(27)25-15-17(20(26)24-11-13-28-14-12-24)6-9-19(25)16-4-7-18(22)8-5-16/h4-5,7-8,17,19H,2-3,6,9-15H2,1H3,(H,23,27)/t17-,19-/m0/s1. The van der Waals surface area contributed by atoms with Crippen LogP contribution in [-0.2, 0) is 4.79 Å². The molecule has 2 aliphatic heterocycles. The first-order valence-electron chi connectivity index (χ1n) is 10.3. The minimum atomic E-state index is -0.283. The smallest absolute Gasteiger partial charge is 0.317 e. The number of unbranched alkanes of at least 4 members (excludes halogenated alkanes) is 1. The highest BCUT2D eigenvalue weighted by Crippen LogP contribution is 2.34. The fourth-order valence-electron chi connectivity index (χ4n) is 3.94. The van der Waals surface area contributed by atoms with Crippen molar-refractivity contribution in [3.8, 4) is 0 Å². The summed E-state index contributed by atoms with van der Waals surface area (Å²) in [5.41, 5.74) is 0.923. The Hall–Kier alpha value is -1.76. The Morgan fingerprint density at radius 3 is 2.57 bits per heavy atom. The SMILES string of the molecule is CCCCNC(=O)N1C[C@@H](C(=O)N2CCSCC2)CC[C@H]1c1ccc(F)cc1. The number of halogens is 1. The molecule has 0 spiro atoms. The summed E-state index contributed by atoms with van der Waals surface area (Å²) in [6.45, 7) is 4.72. The molecule has 0 saturated carbocycles. The molecule has 0 aliphatic carbocycles. The van der Waals surface area contributed by atoms with Gasteiger partial charge < -0.3 is 15.1 Å². The summed E-state index contributed by atoms with van der Waals surface area (Å²) in [6, 6.07) is 6.11. The molecule has 2 heterocycles. The molecule has 1 aromatic carbocycles. The van der Waals surface area contributed by atoms with E-state index in [2.05, 4.69) is 12.2 Å². The van der Waals surface area contributed by atoms with E-state index in [1.54, 1.807) is 17.0 Å². The number of rotatable bonds is 5. The second-order valence-electron chi connectivity index (χ2n) is 7.52. The van der Waals surface area contributed by atoms with Crippen LogP contribution in [0.25, 0.3) is 0 Å². The number of likely N-dealkylation sites (tertiary alicyclic amines) is 1. The predicted octanol–water partition coefficient (Wildman–Crippen LogP) is 3.66. The average molecular weight is 408 g/mol. The zero-order valence-corrected chi connectivity index (χ0v) is 17.3. The van der Waals surface area contributed by atoms with E-state index >= 15 is 0 Å². The minimum absolute atomic E-state index is 0.122. The molecule has 0 radical (unpaired) electrons. The van der Waals surface area contributed by atoms with Crippen molar-refractivity contribution >= 4 is 23.7 Å². The van der Waals surface area contributed by atoms with Gasteiger partial charge in [-0.15, -0.1) is 0 Å². The van der Waals surface area contributed by atoms with E-state index in [-0.39, 0.29) is 29.7 Å². The van der Waals surface area contributed by atoms with Gasteiger partial charge in [-0.3, -0.25) is 4.79 Å². The maximum Gasteiger partial charge on any atom is 0.317 e. The highest BCUT2D eigenvalue weighted by atomic mass is 32.2. The maximum absolute atomic E-state index is 13.3. The van der Waals surface area contributed by atoms with Crippen molar-refractivity contribution in [2.45, 2.75) is 38.6 Å². The Labute approximate surface area is 171 Å². The molecule has 7 heteroatoms. The van der Waals surface area contributed by atoms with Gasteiger partial charge in [0, 0.05) is 37.7 Å². The Morgan fingerprint density at radius 2 is 1.89 bits per heavy atom. The first-order chi connectivity index (χ1) is 13.6. The second-order valence-corrected chi connectivity index (χ2v) is 8.74. The highest BCUT2D eigenvalue weighted by Gasteiger charge is 2.37. The summed E-state index contributed by atoms with van der Waals surface area (Å²) in [5, 5.41) is 2.99. The number of nitrogens with zero attached hydrogens (tertiary/aromatic N) is 2. The maximum atomic E-state index is 13.3. The lowest BCUT2D eigenvalue weighted by molar-refractivity contribution is -0.137. The van der Waals surface area contributed by atoms with Crippen LogP contribution in [-0.4, -0.2) is 59.4 Å². The van der Waals surface area contributed by atoms with E-state index in [1.807, 2.05) is 16.7 Å². The number of thioether (sulfide) groups is 1. The van der Waals surface area contributed by atoms with Gasteiger partial charge in [0.25, 0.3) is 0 Å². The normalized spacial score (nSPS) is 22.8. The number of urea groups is 1. The van der Waals surface area contributed by atoms with Crippen LogP contribution >= 0.6 is 11.8 Å². The van der Waals surface area contributed by atoms with Crippen molar-refractivity contribution < 1.29 is 14.0 Å². The topological polar surface area (TPSA) is 52.7 Å². The van der Waals surface area contributed by atoms with Crippen molar-refractivity contribution in [1.82, 2.24) is 15.1 Å². The number of piperidine rings is 1. The summed E-state index contributed by atoms with van der Waals surface area (Å²) in [5.74, 6) is 1.70. The lowest BCUT2D eigenvalue weighted by atomic mass is 9.88. The first kappa shape index (κ1) is 21.0. The molecule has 0 unspecified atom stereocenters. The largest absolute Gasteiger partial charge is 0.341 e. The summed E-state index contributed by atoms with van der Waals surface area (Å²) >= 11 is 1.88. The lowest BCUT2D eigenvalue weighted by Crippen LogP contribution is -2.52. The summed E-state index contributed by atoms with van der Waals surface area (Å²) in [4.78, 5) is 29.6. The minimum Gasteiger partial charge on any atom is -0.341 e. The van der Waals surface area contributed by atoms with E-state index in [1.165, 1.54) is 12.1 Å². The van der Waals surface area contributed by atoms with E-state index < -0.39 is 0 Å². The van der Waals surface area contributed by atoms with E-state index in [4.69, 9.17) is 0 Å². The summed E-state index contributed by atoms with van der Waals surface area (Å²) in [7, 11) is 0. The number of benzene rings is 1. The van der Waals surface area contributed by atoms with Crippen molar-refractivity contribution in [3.63, 3.8) is 0 Å². The molecule has 2 aliphatic rings. The molecule has 3 rings (SSSR count). The van der Waals surface area contributed by atoms with Gasteiger partial charge >= 0.3 is 6.03 Å². The molecule has 0 aromatic heterocycles. The number of hydrogen-bond donors (Lipinski definition) is 1. The summed E-state index contributed by atoms with van der Waals surface area (Å²) < 4.78 is 13.3. The molecule has 3 amide bonds. The van der Waals surface area contributed by atoms with Gasteiger partial charge in [-0.1, -0.05) is 25.5 Å². The molecular formula is C21H30FN3O2S. The highest BCUT2D eigenvalue weighted by molar-refractivity contribution is 7.99. The Balaban J connectivity index is 1.73. The zero-order chi connectivity index (χ0) is 19.9. The Kier molecular flexibility index (Phi) is 7.59. The predicted molar refractivity (Wildman–Crippen MR) is 111 cm³/mol. The van der Waals surface area contributed by atoms with Crippen molar-refractivity contribution in [2.75, 3.05) is 37.7 Å². The van der Waals surface area contributed by atoms with E-state index in [0.717, 1.165) is 49.4 Å². The van der Waals surface area contributed by atoms with Gasteiger partial charge in [0.05, 0.1) is 12.0 Å².